The minimum atomic E-state index is -0.961. The number of hydrogen-bond acceptors (Lipinski definition) is 11. The zero-order valence-electron chi connectivity index (χ0n) is 25.4. The van der Waals surface area contributed by atoms with Crippen LogP contribution in [-0.2, 0) is 16.1 Å². The van der Waals surface area contributed by atoms with Crippen molar-refractivity contribution in [3.8, 4) is 11.5 Å². The summed E-state index contributed by atoms with van der Waals surface area (Å²) in [4.78, 5) is 42.7. The van der Waals surface area contributed by atoms with Crippen LogP contribution in [0.2, 0.25) is 0 Å². The van der Waals surface area contributed by atoms with Gasteiger partial charge in [-0.1, -0.05) is 24.3 Å². The van der Waals surface area contributed by atoms with Gasteiger partial charge in [0.15, 0.2) is 11.5 Å². The molecule has 0 fully saturated rings. The molecule has 2 N–H and O–H groups in total. The number of nitrogens with zero attached hydrogens (tertiary/aromatic N) is 4. The number of nitro benzene ring substituents is 1. The number of para-hydroxylation sites is 2. The van der Waals surface area contributed by atoms with Crippen LogP contribution in [0.25, 0.3) is 0 Å². The summed E-state index contributed by atoms with van der Waals surface area (Å²) in [6.07, 6.45) is 0.589. The fraction of sp³-hybridized carbons (Fsp3) is 0.419. The van der Waals surface area contributed by atoms with Crippen LogP contribution >= 0.6 is 0 Å². The number of aliphatic imine (C=N–C) groups is 1. The number of aliphatic hydroxyl groups is 1. The number of nitrogens with one attached hydrogen (secondary N) is 1. The average Bonchev–Trinajstić information content (AvgIpc) is 3.00. The molecular formula is C31H37N5O8. The second-order valence-corrected chi connectivity index (χ2v) is 11.1. The lowest BCUT2D eigenvalue weighted by Crippen LogP contribution is -2.49. The summed E-state index contributed by atoms with van der Waals surface area (Å²) in [7, 11) is 1.54. The number of esters is 1. The Hall–Kier alpha value is -4.62. The highest BCUT2D eigenvalue weighted by Gasteiger charge is 2.41. The van der Waals surface area contributed by atoms with Crippen molar-refractivity contribution in [3.63, 3.8) is 0 Å². The van der Waals surface area contributed by atoms with Crippen LogP contribution in [0.5, 0.6) is 11.5 Å². The van der Waals surface area contributed by atoms with Gasteiger partial charge in [-0.2, -0.15) is 5.10 Å². The normalized spacial score (nSPS) is 16.8. The van der Waals surface area contributed by atoms with Crippen molar-refractivity contribution in [1.82, 2.24) is 15.1 Å². The molecule has 0 saturated carbocycles. The quantitative estimate of drug-likeness (QED) is 0.167. The number of non-ortho nitro benzene ring substituents is 1. The standard InChI is InChI=1S/C31H37N5O8/c1-6-43-30(39)26-19(2)34-23-16-33-35(29(38)28(23)27(26)20-10-9-11-21(14-20)36(40)41)18-31(3,4)32-15-22(37)17-44-25-13-8-7-12-24(25)42-5/h7-14,16,22,26-27,32,37H,6,15,17-18H2,1-5H3. The number of fused-ring (bicyclic) bond motifs is 1. The first kappa shape index (κ1) is 32.3. The van der Waals surface area contributed by atoms with Crippen molar-refractivity contribution in [3.05, 3.63) is 86.3 Å². The molecule has 0 bridgehead atoms. The lowest BCUT2D eigenvalue weighted by molar-refractivity contribution is -0.384. The Morgan fingerprint density at radius 3 is 2.61 bits per heavy atom. The first-order chi connectivity index (χ1) is 21.0. The highest BCUT2D eigenvalue weighted by atomic mass is 16.6. The first-order valence-electron chi connectivity index (χ1n) is 14.2. The Kier molecular flexibility index (Phi) is 10.1. The molecular weight excluding hydrogens is 570 g/mol. The summed E-state index contributed by atoms with van der Waals surface area (Å²) in [6, 6.07) is 13.0. The van der Waals surface area contributed by atoms with E-state index >= 15 is 0 Å². The van der Waals surface area contributed by atoms with E-state index in [4.69, 9.17) is 14.2 Å². The van der Waals surface area contributed by atoms with Crippen LogP contribution in [0.4, 0.5) is 11.4 Å². The number of aliphatic hydroxyl groups excluding tert-OH is 1. The van der Waals surface area contributed by atoms with E-state index in [0.717, 1.165) is 0 Å². The molecule has 3 aromatic rings. The van der Waals surface area contributed by atoms with Crippen LogP contribution < -0.4 is 20.3 Å². The van der Waals surface area contributed by atoms with Crippen LogP contribution in [0.1, 0.15) is 44.7 Å². The molecule has 44 heavy (non-hydrogen) atoms. The molecule has 3 atom stereocenters. The van der Waals surface area contributed by atoms with Gasteiger partial charge in [0.1, 0.15) is 18.6 Å². The Balaban J connectivity index is 1.59. The molecule has 3 unspecified atom stereocenters. The Morgan fingerprint density at radius 2 is 1.93 bits per heavy atom. The summed E-state index contributed by atoms with van der Waals surface area (Å²) >= 11 is 0. The molecule has 1 aliphatic heterocycles. The molecule has 234 valence electrons. The minimum Gasteiger partial charge on any atom is -0.493 e. The largest absolute Gasteiger partial charge is 0.493 e. The number of β-amino-alcohol motifs (C(OH)–C–C–N with tert-alkyl or cyclic N) is 1. The van der Waals surface area contributed by atoms with Gasteiger partial charge >= 0.3 is 5.97 Å². The monoisotopic (exact) mass is 607 g/mol. The van der Waals surface area contributed by atoms with Gasteiger partial charge in [0.05, 0.1) is 42.6 Å². The molecule has 0 spiro atoms. The van der Waals surface area contributed by atoms with Gasteiger partial charge in [0.25, 0.3) is 11.2 Å². The number of nitro groups is 1. The molecule has 0 amide bonds. The molecule has 1 aromatic heterocycles. The maximum Gasteiger partial charge on any atom is 0.315 e. The molecule has 0 aliphatic carbocycles. The van der Waals surface area contributed by atoms with Crippen molar-refractivity contribution in [2.75, 3.05) is 26.9 Å². The van der Waals surface area contributed by atoms with E-state index in [1.54, 1.807) is 38.1 Å². The molecule has 2 aromatic carbocycles. The second-order valence-electron chi connectivity index (χ2n) is 11.1. The summed E-state index contributed by atoms with van der Waals surface area (Å²) < 4.78 is 17.6. The number of methoxy groups -OCH3 is 1. The van der Waals surface area contributed by atoms with Gasteiger partial charge in [0, 0.05) is 35.8 Å². The molecule has 2 heterocycles. The first-order valence-corrected chi connectivity index (χ1v) is 14.2. The number of carbonyl (C=O) groups excluding carboxylic acids is 1. The Bertz CT molecular complexity index is 1600. The number of benzene rings is 2. The third-order valence-corrected chi connectivity index (χ3v) is 7.29. The fourth-order valence-electron chi connectivity index (χ4n) is 5.19. The minimum absolute atomic E-state index is 0.0119. The van der Waals surface area contributed by atoms with Crippen molar-refractivity contribution < 1.29 is 29.0 Å². The van der Waals surface area contributed by atoms with Crippen LogP contribution in [0.15, 0.2) is 64.5 Å². The number of aromatic nitrogens is 2. The number of rotatable bonds is 13. The third-order valence-electron chi connectivity index (χ3n) is 7.29. The van der Waals surface area contributed by atoms with Crippen LogP contribution in [-0.4, -0.2) is 70.0 Å². The predicted octanol–water partition coefficient (Wildman–Crippen LogP) is 3.39. The Labute approximate surface area is 254 Å². The SMILES string of the molecule is CCOC(=O)C1C(C)=Nc2cnn(CC(C)(C)NCC(O)COc3ccccc3OC)c(=O)c2C1c1cccc([N+](=O)[O-])c1. The summed E-state index contributed by atoms with van der Waals surface area (Å²) in [5, 5.41) is 29.7. The predicted molar refractivity (Wildman–Crippen MR) is 163 cm³/mol. The zero-order valence-corrected chi connectivity index (χ0v) is 25.4. The smallest absolute Gasteiger partial charge is 0.315 e. The van der Waals surface area contributed by atoms with Gasteiger partial charge < -0.3 is 24.6 Å². The van der Waals surface area contributed by atoms with E-state index in [1.807, 2.05) is 19.9 Å². The summed E-state index contributed by atoms with van der Waals surface area (Å²) in [6.45, 7) is 7.45. The fourth-order valence-corrected chi connectivity index (χ4v) is 5.19. The number of hydrogen-bond donors (Lipinski definition) is 2. The van der Waals surface area contributed by atoms with Gasteiger partial charge in [-0.25, -0.2) is 4.68 Å². The molecule has 0 saturated heterocycles. The van der Waals surface area contributed by atoms with E-state index < -0.39 is 39.9 Å². The third kappa shape index (κ3) is 7.29. The molecule has 4 rings (SSSR count). The van der Waals surface area contributed by atoms with E-state index in [2.05, 4.69) is 15.4 Å². The maximum atomic E-state index is 14.0. The highest BCUT2D eigenvalue weighted by molar-refractivity contribution is 6.05. The average molecular weight is 608 g/mol. The van der Waals surface area contributed by atoms with E-state index in [-0.39, 0.29) is 43.2 Å². The van der Waals surface area contributed by atoms with E-state index in [1.165, 1.54) is 36.2 Å². The highest BCUT2D eigenvalue weighted by Crippen LogP contribution is 2.41. The van der Waals surface area contributed by atoms with Crippen molar-refractivity contribution in [2.24, 2.45) is 10.9 Å². The lowest BCUT2D eigenvalue weighted by Gasteiger charge is -2.32. The van der Waals surface area contributed by atoms with Crippen LogP contribution in [0, 0.1) is 16.0 Å². The Morgan fingerprint density at radius 1 is 1.20 bits per heavy atom. The zero-order chi connectivity index (χ0) is 32.0. The topological polar surface area (TPSA) is 167 Å². The van der Waals surface area contributed by atoms with Gasteiger partial charge in [0.2, 0.25) is 0 Å². The van der Waals surface area contributed by atoms with Gasteiger partial charge in [-0.05, 0) is 45.4 Å². The lowest BCUT2D eigenvalue weighted by atomic mass is 9.76. The molecule has 1 aliphatic rings. The van der Waals surface area contributed by atoms with Crippen molar-refractivity contribution in [1.29, 1.82) is 0 Å². The maximum absolute atomic E-state index is 14.0. The van der Waals surface area contributed by atoms with Crippen LogP contribution in [0.3, 0.4) is 0 Å². The molecule has 13 nitrogen and oxygen atoms in total. The van der Waals surface area contributed by atoms with Crippen molar-refractivity contribution in [2.45, 2.75) is 51.8 Å². The number of ether oxygens (including phenoxy) is 3. The summed E-state index contributed by atoms with van der Waals surface area (Å²) in [5.74, 6) is -1.36. The molecule has 0 radical (unpaired) electrons. The van der Waals surface area contributed by atoms with E-state index in [9.17, 15) is 24.8 Å². The van der Waals surface area contributed by atoms with E-state index in [0.29, 0.717) is 22.8 Å². The van der Waals surface area contributed by atoms with Gasteiger partial charge in [-0.3, -0.25) is 24.7 Å². The van der Waals surface area contributed by atoms with Gasteiger partial charge in [-0.15, -0.1) is 0 Å². The second kappa shape index (κ2) is 13.8. The summed E-state index contributed by atoms with van der Waals surface area (Å²) in [5.41, 5.74) is -0.0536. The van der Waals surface area contributed by atoms with Crippen molar-refractivity contribution >= 4 is 23.1 Å². The molecule has 13 heteroatoms. The number of carbonyl (C=O) groups is 1.